The summed E-state index contributed by atoms with van der Waals surface area (Å²) >= 11 is 0. The number of ether oxygens (including phenoxy) is 1. The Morgan fingerprint density at radius 3 is 2.48 bits per heavy atom. The van der Waals surface area contributed by atoms with Crippen LogP contribution < -0.4 is 9.46 Å². The highest BCUT2D eigenvalue weighted by Gasteiger charge is 2.20. The summed E-state index contributed by atoms with van der Waals surface area (Å²) < 4.78 is 35.2. The Morgan fingerprint density at radius 1 is 1.11 bits per heavy atom. The summed E-state index contributed by atoms with van der Waals surface area (Å²) in [6, 6.07) is 11.4. The minimum absolute atomic E-state index is 0.314. The Morgan fingerprint density at radius 2 is 1.81 bits per heavy atom. The van der Waals surface area contributed by atoms with E-state index in [1.165, 1.54) is 6.20 Å². The Labute approximate surface area is 159 Å². The summed E-state index contributed by atoms with van der Waals surface area (Å²) in [6.45, 7) is 6.08. The van der Waals surface area contributed by atoms with Crippen LogP contribution in [0, 0.1) is 20.8 Å². The first-order valence-electron chi connectivity index (χ1n) is 8.54. The smallest absolute Gasteiger partial charge is 0.262 e. The van der Waals surface area contributed by atoms with Crippen molar-refractivity contribution in [3.63, 3.8) is 0 Å². The van der Waals surface area contributed by atoms with Crippen molar-refractivity contribution in [1.82, 2.24) is 9.78 Å². The van der Waals surface area contributed by atoms with Crippen molar-refractivity contribution >= 4 is 15.7 Å². The molecular formula is C20H23N3O3S. The molecule has 0 aliphatic carbocycles. The topological polar surface area (TPSA) is 73.2 Å². The lowest BCUT2D eigenvalue weighted by Crippen LogP contribution is -2.15. The molecule has 0 amide bonds. The number of aryl methyl sites for hydroxylation is 3. The molecule has 1 aromatic heterocycles. The molecule has 6 nitrogen and oxygen atoms in total. The van der Waals surface area contributed by atoms with E-state index < -0.39 is 10.0 Å². The van der Waals surface area contributed by atoms with Crippen LogP contribution in [0.15, 0.2) is 53.7 Å². The van der Waals surface area contributed by atoms with Crippen LogP contribution in [-0.4, -0.2) is 25.3 Å². The zero-order valence-electron chi connectivity index (χ0n) is 15.9. The standard InChI is InChI=1S/C20H23N3O3S/c1-14-8-15(2)20(16(3)9-14)27(24,25)22-18-11-21-23(13-18)12-17-6-5-7-19(10-17)26-4/h5-11,13,22H,12H2,1-4H3. The fourth-order valence-electron chi connectivity index (χ4n) is 3.26. The number of aromatic nitrogens is 2. The van der Waals surface area contributed by atoms with Gasteiger partial charge in [-0.05, 0) is 49.6 Å². The Kier molecular flexibility index (Phi) is 5.23. The number of methoxy groups -OCH3 is 1. The molecule has 2 aromatic carbocycles. The first-order chi connectivity index (χ1) is 12.8. The summed E-state index contributed by atoms with van der Waals surface area (Å²) in [4.78, 5) is 0.314. The maximum Gasteiger partial charge on any atom is 0.262 e. The molecule has 142 valence electrons. The van der Waals surface area contributed by atoms with Crippen LogP contribution in [-0.2, 0) is 16.6 Å². The SMILES string of the molecule is COc1cccc(Cn2cc(NS(=O)(=O)c3c(C)cc(C)cc3C)cn2)c1. The van der Waals surface area contributed by atoms with E-state index in [9.17, 15) is 8.42 Å². The van der Waals surface area contributed by atoms with Crippen LogP contribution in [0.4, 0.5) is 5.69 Å². The van der Waals surface area contributed by atoms with E-state index in [1.54, 1.807) is 31.8 Å². The molecule has 0 spiro atoms. The second-order valence-electron chi connectivity index (χ2n) is 6.61. The number of anilines is 1. The van der Waals surface area contributed by atoms with Gasteiger partial charge in [0, 0.05) is 6.20 Å². The van der Waals surface area contributed by atoms with Crippen LogP contribution >= 0.6 is 0 Å². The third kappa shape index (κ3) is 4.31. The Balaban J connectivity index is 1.81. The normalized spacial score (nSPS) is 11.4. The van der Waals surface area contributed by atoms with E-state index in [4.69, 9.17) is 4.74 Å². The highest BCUT2D eigenvalue weighted by molar-refractivity contribution is 7.92. The second-order valence-corrected chi connectivity index (χ2v) is 8.23. The molecule has 0 atom stereocenters. The van der Waals surface area contributed by atoms with Gasteiger partial charge in [-0.25, -0.2) is 8.42 Å². The van der Waals surface area contributed by atoms with Crippen LogP contribution in [0.1, 0.15) is 22.3 Å². The molecule has 0 unspecified atom stereocenters. The Bertz CT molecular complexity index is 1050. The molecule has 3 rings (SSSR count). The van der Waals surface area contributed by atoms with Crippen molar-refractivity contribution in [3.05, 3.63) is 71.0 Å². The molecule has 1 heterocycles. The van der Waals surface area contributed by atoms with Crippen molar-refractivity contribution in [2.45, 2.75) is 32.2 Å². The number of benzene rings is 2. The van der Waals surface area contributed by atoms with Gasteiger partial charge in [-0.2, -0.15) is 5.10 Å². The minimum atomic E-state index is -3.68. The van der Waals surface area contributed by atoms with E-state index in [1.807, 2.05) is 43.3 Å². The summed E-state index contributed by atoms with van der Waals surface area (Å²) in [7, 11) is -2.06. The minimum Gasteiger partial charge on any atom is -0.497 e. The molecule has 3 aromatic rings. The maximum atomic E-state index is 12.8. The summed E-state index contributed by atoms with van der Waals surface area (Å²) in [5.41, 5.74) is 3.93. The van der Waals surface area contributed by atoms with Crippen molar-refractivity contribution in [3.8, 4) is 5.75 Å². The quantitative estimate of drug-likeness (QED) is 0.703. The average Bonchev–Trinajstić information content (AvgIpc) is 2.99. The molecule has 1 N–H and O–H groups in total. The number of hydrogen-bond donors (Lipinski definition) is 1. The van der Waals surface area contributed by atoms with Gasteiger partial charge in [-0.1, -0.05) is 29.8 Å². The predicted molar refractivity (Wildman–Crippen MR) is 106 cm³/mol. The summed E-state index contributed by atoms with van der Waals surface area (Å²) in [5.74, 6) is 0.769. The summed E-state index contributed by atoms with van der Waals surface area (Å²) in [5, 5.41) is 4.25. The summed E-state index contributed by atoms with van der Waals surface area (Å²) in [6.07, 6.45) is 3.19. The lowest BCUT2D eigenvalue weighted by atomic mass is 10.1. The van der Waals surface area contributed by atoms with Crippen LogP contribution in [0.5, 0.6) is 5.75 Å². The third-order valence-electron chi connectivity index (χ3n) is 4.24. The number of hydrogen-bond acceptors (Lipinski definition) is 4. The van der Waals surface area contributed by atoms with E-state index in [0.29, 0.717) is 17.1 Å². The molecular weight excluding hydrogens is 362 g/mol. The van der Waals surface area contributed by atoms with E-state index in [2.05, 4.69) is 9.82 Å². The van der Waals surface area contributed by atoms with Crippen LogP contribution in [0.25, 0.3) is 0 Å². The molecule has 0 fully saturated rings. The molecule has 0 saturated carbocycles. The average molecular weight is 385 g/mol. The molecule has 0 aliphatic rings. The predicted octanol–water partition coefficient (Wildman–Crippen LogP) is 3.67. The first kappa shape index (κ1) is 19.0. The van der Waals surface area contributed by atoms with Crippen LogP contribution in [0.2, 0.25) is 0 Å². The van der Waals surface area contributed by atoms with Gasteiger partial charge < -0.3 is 4.74 Å². The molecule has 27 heavy (non-hydrogen) atoms. The molecule has 0 radical (unpaired) electrons. The highest BCUT2D eigenvalue weighted by atomic mass is 32.2. The second kappa shape index (κ2) is 7.44. The van der Waals surface area contributed by atoms with E-state index in [0.717, 1.165) is 28.0 Å². The van der Waals surface area contributed by atoms with Gasteiger partial charge in [0.2, 0.25) is 0 Å². The highest BCUT2D eigenvalue weighted by Crippen LogP contribution is 2.24. The lowest BCUT2D eigenvalue weighted by Gasteiger charge is -2.12. The Hall–Kier alpha value is -2.80. The molecule has 0 bridgehead atoms. The fraction of sp³-hybridized carbons (Fsp3) is 0.250. The van der Waals surface area contributed by atoms with Crippen molar-refractivity contribution in [2.75, 3.05) is 11.8 Å². The van der Waals surface area contributed by atoms with Gasteiger partial charge >= 0.3 is 0 Å². The van der Waals surface area contributed by atoms with Crippen molar-refractivity contribution < 1.29 is 13.2 Å². The van der Waals surface area contributed by atoms with Crippen molar-refractivity contribution in [1.29, 1.82) is 0 Å². The van der Waals surface area contributed by atoms with Gasteiger partial charge in [-0.3, -0.25) is 9.40 Å². The lowest BCUT2D eigenvalue weighted by molar-refractivity contribution is 0.414. The van der Waals surface area contributed by atoms with Gasteiger partial charge in [-0.15, -0.1) is 0 Å². The fourth-order valence-corrected chi connectivity index (χ4v) is 4.74. The number of nitrogens with zero attached hydrogens (tertiary/aromatic N) is 2. The maximum absolute atomic E-state index is 12.8. The third-order valence-corrected chi connectivity index (χ3v) is 5.92. The number of sulfonamides is 1. The van der Waals surface area contributed by atoms with Gasteiger partial charge in [0.1, 0.15) is 5.75 Å². The first-order valence-corrected chi connectivity index (χ1v) is 10.0. The number of rotatable bonds is 6. The van der Waals surface area contributed by atoms with Gasteiger partial charge in [0.25, 0.3) is 10.0 Å². The largest absolute Gasteiger partial charge is 0.497 e. The molecule has 0 aliphatic heterocycles. The van der Waals surface area contributed by atoms with Crippen LogP contribution in [0.3, 0.4) is 0 Å². The van der Waals surface area contributed by atoms with E-state index >= 15 is 0 Å². The van der Waals surface area contributed by atoms with Gasteiger partial charge in [0.05, 0.1) is 30.4 Å². The molecule has 7 heteroatoms. The monoisotopic (exact) mass is 385 g/mol. The van der Waals surface area contributed by atoms with Gasteiger partial charge in [0.15, 0.2) is 0 Å². The number of nitrogens with one attached hydrogen (secondary N) is 1. The van der Waals surface area contributed by atoms with Crippen molar-refractivity contribution in [2.24, 2.45) is 0 Å². The van der Waals surface area contributed by atoms with E-state index in [-0.39, 0.29) is 0 Å². The molecule has 0 saturated heterocycles. The zero-order chi connectivity index (χ0) is 19.6. The zero-order valence-corrected chi connectivity index (χ0v) is 16.7.